The number of hydrogen-bond acceptors (Lipinski definition) is 2. The largest absolute Gasteiger partial charge is 0.356 e. The van der Waals surface area contributed by atoms with Gasteiger partial charge in [0.15, 0.2) is 0 Å². The van der Waals surface area contributed by atoms with E-state index in [0.717, 1.165) is 19.4 Å². The van der Waals surface area contributed by atoms with E-state index in [2.05, 4.69) is 5.32 Å². The fourth-order valence-corrected chi connectivity index (χ4v) is 4.03. The molecule has 1 aromatic rings. The van der Waals surface area contributed by atoms with Gasteiger partial charge in [0.1, 0.15) is 0 Å². The van der Waals surface area contributed by atoms with E-state index in [0.29, 0.717) is 29.6 Å². The molecule has 0 unspecified atom stereocenters. The molecule has 0 spiro atoms. The van der Waals surface area contributed by atoms with Crippen LogP contribution in [0.1, 0.15) is 55.3 Å². The number of likely N-dealkylation sites (tertiary alicyclic amines) is 1. The van der Waals surface area contributed by atoms with E-state index in [1.807, 2.05) is 4.90 Å². The molecular weight excluding hydrogens is 336 g/mol. The van der Waals surface area contributed by atoms with Crippen molar-refractivity contribution in [1.82, 2.24) is 10.2 Å². The first-order valence-corrected chi connectivity index (χ1v) is 9.84. The fraction of sp³-hybridized carbons (Fsp3) is 0.600. The number of carbonyl (C=O) groups is 2. The van der Waals surface area contributed by atoms with Crippen LogP contribution in [0.2, 0.25) is 5.02 Å². The Morgan fingerprint density at radius 3 is 2.28 bits per heavy atom. The van der Waals surface area contributed by atoms with Crippen molar-refractivity contribution in [3.8, 4) is 0 Å². The van der Waals surface area contributed by atoms with Crippen LogP contribution >= 0.6 is 11.6 Å². The SMILES string of the molecule is O=C(NCC1CCCCC1)C1CCN(C(=O)c2ccc(Cl)cc2)CC1. The molecule has 1 saturated carbocycles. The summed E-state index contributed by atoms with van der Waals surface area (Å²) in [6.07, 6.45) is 7.91. The molecule has 0 aromatic heterocycles. The van der Waals surface area contributed by atoms with Gasteiger partial charge in [0.25, 0.3) is 5.91 Å². The monoisotopic (exact) mass is 362 g/mol. The first kappa shape index (κ1) is 18.2. The summed E-state index contributed by atoms with van der Waals surface area (Å²) >= 11 is 5.87. The van der Waals surface area contributed by atoms with Crippen molar-refractivity contribution >= 4 is 23.4 Å². The fourth-order valence-electron chi connectivity index (χ4n) is 3.90. The Morgan fingerprint density at radius 2 is 1.64 bits per heavy atom. The number of hydrogen-bond donors (Lipinski definition) is 1. The molecule has 1 heterocycles. The van der Waals surface area contributed by atoms with E-state index in [-0.39, 0.29) is 17.7 Å². The van der Waals surface area contributed by atoms with Crippen molar-refractivity contribution in [3.63, 3.8) is 0 Å². The highest BCUT2D eigenvalue weighted by Gasteiger charge is 2.28. The van der Waals surface area contributed by atoms with Crippen LogP contribution in [0.3, 0.4) is 0 Å². The molecule has 4 nitrogen and oxygen atoms in total. The van der Waals surface area contributed by atoms with Crippen molar-refractivity contribution < 1.29 is 9.59 Å². The minimum Gasteiger partial charge on any atom is -0.356 e. The second-order valence-corrected chi connectivity index (χ2v) is 7.76. The third-order valence-corrected chi connectivity index (χ3v) is 5.79. The van der Waals surface area contributed by atoms with Gasteiger partial charge in [-0.3, -0.25) is 9.59 Å². The maximum Gasteiger partial charge on any atom is 0.253 e. The molecule has 0 atom stereocenters. The van der Waals surface area contributed by atoms with Gasteiger partial charge in [-0.2, -0.15) is 0 Å². The first-order valence-electron chi connectivity index (χ1n) is 9.46. The molecule has 0 radical (unpaired) electrons. The molecule has 3 rings (SSSR count). The van der Waals surface area contributed by atoms with Gasteiger partial charge in [-0.25, -0.2) is 0 Å². The van der Waals surface area contributed by atoms with Crippen LogP contribution in [0.25, 0.3) is 0 Å². The normalized spacial score (nSPS) is 19.6. The van der Waals surface area contributed by atoms with E-state index < -0.39 is 0 Å². The maximum absolute atomic E-state index is 12.5. The molecule has 136 valence electrons. The van der Waals surface area contributed by atoms with Crippen molar-refractivity contribution in [1.29, 1.82) is 0 Å². The zero-order chi connectivity index (χ0) is 17.6. The van der Waals surface area contributed by atoms with Gasteiger partial charge < -0.3 is 10.2 Å². The predicted octanol–water partition coefficient (Wildman–Crippen LogP) is 3.89. The lowest BCUT2D eigenvalue weighted by Crippen LogP contribution is -2.43. The van der Waals surface area contributed by atoms with Crippen LogP contribution in [0.5, 0.6) is 0 Å². The smallest absolute Gasteiger partial charge is 0.253 e. The van der Waals surface area contributed by atoms with Gasteiger partial charge in [-0.05, 0) is 55.9 Å². The van der Waals surface area contributed by atoms with Gasteiger partial charge >= 0.3 is 0 Å². The van der Waals surface area contributed by atoms with Crippen LogP contribution in [-0.4, -0.2) is 36.3 Å². The lowest BCUT2D eigenvalue weighted by molar-refractivity contribution is -0.126. The number of piperidine rings is 1. The van der Waals surface area contributed by atoms with Crippen LogP contribution in [0.15, 0.2) is 24.3 Å². The predicted molar refractivity (Wildman–Crippen MR) is 99.7 cm³/mol. The average molecular weight is 363 g/mol. The van der Waals surface area contributed by atoms with Crippen LogP contribution < -0.4 is 5.32 Å². The molecule has 1 aliphatic heterocycles. The quantitative estimate of drug-likeness (QED) is 0.883. The van der Waals surface area contributed by atoms with Crippen LogP contribution in [-0.2, 0) is 4.79 Å². The molecule has 2 amide bonds. The number of nitrogens with zero attached hydrogens (tertiary/aromatic N) is 1. The zero-order valence-corrected chi connectivity index (χ0v) is 15.4. The molecular formula is C20H27ClN2O2. The summed E-state index contributed by atoms with van der Waals surface area (Å²) in [5.41, 5.74) is 0.657. The highest BCUT2D eigenvalue weighted by atomic mass is 35.5. The van der Waals surface area contributed by atoms with E-state index in [1.54, 1.807) is 24.3 Å². The Labute approximate surface area is 154 Å². The minimum atomic E-state index is 0.0257. The summed E-state index contributed by atoms with van der Waals surface area (Å²) in [5.74, 6) is 0.893. The molecule has 0 bridgehead atoms. The second-order valence-electron chi connectivity index (χ2n) is 7.32. The maximum atomic E-state index is 12.5. The number of benzene rings is 1. The summed E-state index contributed by atoms with van der Waals surface area (Å²) in [5, 5.41) is 3.78. The van der Waals surface area contributed by atoms with Crippen LogP contribution in [0.4, 0.5) is 0 Å². The van der Waals surface area contributed by atoms with E-state index >= 15 is 0 Å². The third kappa shape index (κ3) is 4.97. The molecule has 1 aromatic carbocycles. The van der Waals surface area contributed by atoms with Crippen molar-refractivity contribution in [3.05, 3.63) is 34.9 Å². The van der Waals surface area contributed by atoms with E-state index in [4.69, 9.17) is 11.6 Å². The van der Waals surface area contributed by atoms with Gasteiger partial charge in [0.2, 0.25) is 5.91 Å². The van der Waals surface area contributed by atoms with Crippen molar-refractivity contribution in [2.24, 2.45) is 11.8 Å². The molecule has 1 aliphatic carbocycles. The summed E-state index contributed by atoms with van der Waals surface area (Å²) < 4.78 is 0. The van der Waals surface area contributed by atoms with Gasteiger partial charge in [-0.1, -0.05) is 30.9 Å². The highest BCUT2D eigenvalue weighted by Crippen LogP contribution is 2.24. The molecule has 2 fully saturated rings. The number of halogens is 1. The Balaban J connectivity index is 1.43. The highest BCUT2D eigenvalue weighted by molar-refractivity contribution is 6.30. The first-order chi connectivity index (χ1) is 12.1. The average Bonchev–Trinajstić information content (AvgIpc) is 2.67. The Hall–Kier alpha value is -1.55. The zero-order valence-electron chi connectivity index (χ0n) is 14.7. The Morgan fingerprint density at radius 1 is 1.00 bits per heavy atom. The molecule has 5 heteroatoms. The topological polar surface area (TPSA) is 49.4 Å². The lowest BCUT2D eigenvalue weighted by atomic mass is 9.89. The van der Waals surface area contributed by atoms with Gasteiger partial charge in [0, 0.05) is 36.1 Å². The minimum absolute atomic E-state index is 0.0257. The van der Waals surface area contributed by atoms with Gasteiger partial charge in [-0.15, -0.1) is 0 Å². The second kappa shape index (κ2) is 8.70. The number of nitrogens with one attached hydrogen (secondary N) is 1. The number of amides is 2. The third-order valence-electron chi connectivity index (χ3n) is 5.53. The van der Waals surface area contributed by atoms with Crippen LogP contribution in [0, 0.1) is 11.8 Å². The lowest BCUT2D eigenvalue weighted by Gasteiger charge is -2.32. The van der Waals surface area contributed by atoms with E-state index in [1.165, 1.54) is 32.1 Å². The Kier molecular flexibility index (Phi) is 6.35. The standard InChI is InChI=1S/C20H27ClN2O2/c21-18-8-6-17(7-9-18)20(25)23-12-10-16(11-13-23)19(24)22-14-15-4-2-1-3-5-15/h6-9,15-16H,1-5,10-14H2,(H,22,24). The van der Waals surface area contributed by atoms with E-state index in [9.17, 15) is 9.59 Å². The van der Waals surface area contributed by atoms with Crippen molar-refractivity contribution in [2.75, 3.05) is 19.6 Å². The molecule has 1 saturated heterocycles. The number of rotatable bonds is 4. The Bertz CT molecular complexity index is 588. The summed E-state index contributed by atoms with van der Waals surface area (Å²) in [6, 6.07) is 6.99. The summed E-state index contributed by atoms with van der Waals surface area (Å²) in [4.78, 5) is 26.7. The number of carbonyl (C=O) groups excluding carboxylic acids is 2. The summed E-state index contributed by atoms with van der Waals surface area (Å²) in [7, 11) is 0. The molecule has 1 N–H and O–H groups in total. The van der Waals surface area contributed by atoms with Gasteiger partial charge in [0.05, 0.1) is 0 Å². The molecule has 2 aliphatic rings. The molecule has 25 heavy (non-hydrogen) atoms. The van der Waals surface area contributed by atoms with Crippen molar-refractivity contribution in [2.45, 2.75) is 44.9 Å². The summed E-state index contributed by atoms with van der Waals surface area (Å²) in [6.45, 7) is 2.11.